The topological polar surface area (TPSA) is 74.2 Å². The fourth-order valence-corrected chi connectivity index (χ4v) is 2.61. The molecule has 1 heterocycles. The predicted molar refractivity (Wildman–Crippen MR) is 68.1 cm³/mol. The summed E-state index contributed by atoms with van der Waals surface area (Å²) in [6, 6.07) is -0.213. The molecule has 2 N–H and O–H groups in total. The van der Waals surface area contributed by atoms with Crippen LogP contribution < -0.4 is 5.73 Å². The minimum atomic E-state index is -0.213. The molecule has 0 amide bonds. The molecule has 1 aromatic rings. The van der Waals surface area contributed by atoms with E-state index in [-0.39, 0.29) is 6.04 Å². The third-order valence-electron chi connectivity index (χ3n) is 3.89. The molecule has 2 rings (SSSR count). The third-order valence-corrected chi connectivity index (χ3v) is 3.89. The zero-order chi connectivity index (χ0) is 13.0. The van der Waals surface area contributed by atoms with E-state index >= 15 is 0 Å². The van der Waals surface area contributed by atoms with Gasteiger partial charge in [0, 0.05) is 19.6 Å². The van der Waals surface area contributed by atoms with Gasteiger partial charge in [-0.05, 0) is 31.6 Å². The molecule has 1 aliphatic carbocycles. The molecule has 0 aliphatic heterocycles. The molecule has 5 nitrogen and oxygen atoms in total. The van der Waals surface area contributed by atoms with E-state index in [1.54, 1.807) is 7.11 Å². The van der Waals surface area contributed by atoms with Crippen molar-refractivity contribution in [2.45, 2.75) is 51.0 Å². The average molecular weight is 253 g/mol. The van der Waals surface area contributed by atoms with Gasteiger partial charge in [0.15, 0.2) is 5.82 Å². The van der Waals surface area contributed by atoms with Crippen molar-refractivity contribution in [1.82, 2.24) is 10.1 Å². The quantitative estimate of drug-likeness (QED) is 0.842. The third kappa shape index (κ3) is 3.09. The van der Waals surface area contributed by atoms with Crippen molar-refractivity contribution in [2.75, 3.05) is 13.7 Å². The Hall–Kier alpha value is -0.940. The molecular formula is C13H23N3O2. The number of nitrogens with two attached hydrogens (primary N) is 1. The summed E-state index contributed by atoms with van der Waals surface area (Å²) in [4.78, 5) is 4.46. The molecular weight excluding hydrogens is 230 g/mol. The fourth-order valence-electron chi connectivity index (χ4n) is 2.61. The average Bonchev–Trinajstić information content (AvgIpc) is 3.03. The van der Waals surface area contributed by atoms with Gasteiger partial charge in [0.05, 0.1) is 6.04 Å². The van der Waals surface area contributed by atoms with Crippen LogP contribution in [-0.4, -0.2) is 23.9 Å². The van der Waals surface area contributed by atoms with Gasteiger partial charge in [-0.1, -0.05) is 18.5 Å². The van der Waals surface area contributed by atoms with Crippen molar-refractivity contribution in [3.8, 4) is 0 Å². The largest absolute Gasteiger partial charge is 0.385 e. The summed E-state index contributed by atoms with van der Waals surface area (Å²) in [5, 5.41) is 4.09. The summed E-state index contributed by atoms with van der Waals surface area (Å²) in [5.41, 5.74) is 5.97. The minimum Gasteiger partial charge on any atom is -0.385 e. The molecule has 0 saturated heterocycles. The molecule has 18 heavy (non-hydrogen) atoms. The van der Waals surface area contributed by atoms with E-state index in [0.29, 0.717) is 24.8 Å². The van der Waals surface area contributed by atoms with Gasteiger partial charge in [-0.3, -0.25) is 0 Å². The van der Waals surface area contributed by atoms with Gasteiger partial charge in [0.25, 0.3) is 0 Å². The molecule has 3 atom stereocenters. The number of hydrogen-bond donors (Lipinski definition) is 1. The number of methoxy groups -OCH3 is 1. The van der Waals surface area contributed by atoms with Crippen LogP contribution in [0.2, 0.25) is 0 Å². The Balaban J connectivity index is 1.93. The monoisotopic (exact) mass is 253 g/mol. The zero-order valence-corrected chi connectivity index (χ0v) is 11.3. The smallest absolute Gasteiger partial charge is 0.243 e. The van der Waals surface area contributed by atoms with E-state index in [1.165, 1.54) is 25.7 Å². The van der Waals surface area contributed by atoms with Gasteiger partial charge in [0.2, 0.25) is 5.89 Å². The first-order valence-corrected chi connectivity index (χ1v) is 6.82. The van der Waals surface area contributed by atoms with E-state index in [9.17, 15) is 0 Å². The van der Waals surface area contributed by atoms with E-state index in [4.69, 9.17) is 15.0 Å². The lowest BCUT2D eigenvalue weighted by Gasteiger charge is -2.05. The van der Waals surface area contributed by atoms with Crippen molar-refractivity contribution in [3.63, 3.8) is 0 Å². The van der Waals surface area contributed by atoms with Crippen LogP contribution in [0.1, 0.15) is 62.7 Å². The van der Waals surface area contributed by atoms with Crippen molar-refractivity contribution in [2.24, 2.45) is 11.7 Å². The van der Waals surface area contributed by atoms with Gasteiger partial charge in [-0.2, -0.15) is 4.98 Å². The highest BCUT2D eigenvalue weighted by molar-refractivity contribution is 5.01. The van der Waals surface area contributed by atoms with Crippen LogP contribution in [0.4, 0.5) is 0 Å². The molecule has 0 bridgehead atoms. The molecule has 1 fully saturated rings. The van der Waals surface area contributed by atoms with E-state index in [2.05, 4.69) is 17.1 Å². The van der Waals surface area contributed by atoms with E-state index < -0.39 is 0 Å². The molecule has 1 saturated carbocycles. The van der Waals surface area contributed by atoms with Gasteiger partial charge >= 0.3 is 0 Å². The van der Waals surface area contributed by atoms with Gasteiger partial charge in [0.1, 0.15) is 0 Å². The van der Waals surface area contributed by atoms with Gasteiger partial charge < -0.3 is 15.0 Å². The second-order valence-electron chi connectivity index (χ2n) is 5.16. The summed E-state index contributed by atoms with van der Waals surface area (Å²) in [6.45, 7) is 2.86. The highest BCUT2D eigenvalue weighted by Crippen LogP contribution is 2.38. The lowest BCUT2D eigenvalue weighted by atomic mass is 10.0. The molecule has 0 spiro atoms. The van der Waals surface area contributed by atoms with E-state index in [1.807, 2.05) is 0 Å². The van der Waals surface area contributed by atoms with Crippen molar-refractivity contribution < 1.29 is 9.26 Å². The Morgan fingerprint density at radius 2 is 2.33 bits per heavy atom. The second-order valence-corrected chi connectivity index (χ2v) is 5.16. The number of nitrogens with zero attached hydrogens (tertiary/aromatic N) is 2. The van der Waals surface area contributed by atoms with Crippen LogP contribution in [0.5, 0.6) is 0 Å². The first-order chi connectivity index (χ1) is 8.74. The maximum atomic E-state index is 5.97. The maximum Gasteiger partial charge on any atom is 0.243 e. The van der Waals surface area contributed by atoms with Crippen LogP contribution in [0.15, 0.2) is 4.52 Å². The standard InChI is InChI=1S/C13H23N3O2/c1-3-9-4-5-10(8-9)12-15-13(18-16-12)11(14)6-7-17-2/h9-11H,3-8,14H2,1-2H3. The summed E-state index contributed by atoms with van der Waals surface area (Å²) in [6.07, 6.45) is 5.59. The Morgan fingerprint density at radius 3 is 3.00 bits per heavy atom. The molecule has 1 aromatic heterocycles. The van der Waals surface area contributed by atoms with Crippen LogP contribution in [0.25, 0.3) is 0 Å². The molecule has 0 radical (unpaired) electrons. The first kappa shape index (κ1) is 13.5. The van der Waals surface area contributed by atoms with Crippen LogP contribution in [0.3, 0.4) is 0 Å². The van der Waals surface area contributed by atoms with Crippen LogP contribution in [-0.2, 0) is 4.74 Å². The zero-order valence-electron chi connectivity index (χ0n) is 11.3. The summed E-state index contributed by atoms with van der Waals surface area (Å²) in [5.74, 6) is 2.66. The van der Waals surface area contributed by atoms with E-state index in [0.717, 1.165) is 11.7 Å². The number of hydrogen-bond acceptors (Lipinski definition) is 5. The summed E-state index contributed by atoms with van der Waals surface area (Å²) < 4.78 is 10.3. The number of ether oxygens (including phenoxy) is 1. The van der Waals surface area contributed by atoms with Gasteiger partial charge in [-0.25, -0.2) is 0 Å². The minimum absolute atomic E-state index is 0.213. The Morgan fingerprint density at radius 1 is 1.50 bits per heavy atom. The molecule has 3 unspecified atom stereocenters. The van der Waals surface area contributed by atoms with Crippen molar-refractivity contribution in [3.05, 3.63) is 11.7 Å². The number of rotatable bonds is 6. The highest BCUT2D eigenvalue weighted by atomic mass is 16.5. The normalized spacial score (nSPS) is 25.5. The highest BCUT2D eigenvalue weighted by Gasteiger charge is 2.28. The molecule has 1 aliphatic rings. The SMILES string of the molecule is CCC1CCC(c2noc(C(N)CCOC)n2)C1. The Bertz CT molecular complexity index is 367. The second kappa shape index (κ2) is 6.29. The Labute approximate surface area is 108 Å². The van der Waals surface area contributed by atoms with Gasteiger partial charge in [-0.15, -0.1) is 0 Å². The lowest BCUT2D eigenvalue weighted by Crippen LogP contribution is -2.13. The molecule has 5 heteroatoms. The number of aromatic nitrogens is 2. The summed E-state index contributed by atoms with van der Waals surface area (Å²) >= 11 is 0. The van der Waals surface area contributed by atoms with Crippen molar-refractivity contribution in [1.29, 1.82) is 0 Å². The fraction of sp³-hybridized carbons (Fsp3) is 0.846. The first-order valence-electron chi connectivity index (χ1n) is 6.82. The summed E-state index contributed by atoms with van der Waals surface area (Å²) in [7, 11) is 1.66. The molecule has 0 aromatic carbocycles. The molecule has 102 valence electrons. The lowest BCUT2D eigenvalue weighted by molar-refractivity contribution is 0.182. The van der Waals surface area contributed by atoms with Crippen molar-refractivity contribution >= 4 is 0 Å². The predicted octanol–water partition coefficient (Wildman–Crippen LogP) is 2.40. The Kier molecular flexibility index (Phi) is 4.72. The maximum absolute atomic E-state index is 5.97. The van der Waals surface area contributed by atoms with Crippen LogP contribution in [0, 0.1) is 5.92 Å². The van der Waals surface area contributed by atoms with Crippen LogP contribution >= 0.6 is 0 Å².